The van der Waals surface area contributed by atoms with Crippen LogP contribution in [0, 0.1) is 5.92 Å². The van der Waals surface area contributed by atoms with Gasteiger partial charge in [0, 0.05) is 11.0 Å². The molecule has 0 saturated carbocycles. The number of carbonyl (C=O) groups excluding carboxylic acids is 1. The van der Waals surface area contributed by atoms with Gasteiger partial charge in [-0.05, 0) is 50.0 Å². The Morgan fingerprint density at radius 3 is 3.00 bits per heavy atom. The van der Waals surface area contributed by atoms with Crippen molar-refractivity contribution in [2.75, 3.05) is 19.6 Å². The fraction of sp³-hybridized carbons (Fsp3) is 0.462. The molecular weight excluding hydrogens is 332 g/mol. The molecule has 1 heterocycles. The number of hydrogen-bond acceptors (Lipinski definition) is 3. The van der Waals surface area contributed by atoms with E-state index in [2.05, 4.69) is 26.6 Å². The third-order valence-corrected chi connectivity index (χ3v) is 3.70. The van der Waals surface area contributed by atoms with E-state index < -0.39 is 0 Å². The molecule has 1 unspecified atom stereocenters. The summed E-state index contributed by atoms with van der Waals surface area (Å²) in [6.45, 7) is 2.76. The van der Waals surface area contributed by atoms with Gasteiger partial charge in [0.1, 0.15) is 5.75 Å². The number of rotatable bonds is 4. The first-order valence-corrected chi connectivity index (χ1v) is 6.93. The molecule has 6 heteroatoms. The number of benzene rings is 1. The smallest absolute Gasteiger partial charge is 0.255 e. The Morgan fingerprint density at radius 1 is 1.53 bits per heavy atom. The van der Waals surface area contributed by atoms with E-state index in [0.717, 1.165) is 24.0 Å². The van der Waals surface area contributed by atoms with Gasteiger partial charge in [0.2, 0.25) is 0 Å². The van der Waals surface area contributed by atoms with Crippen LogP contribution in [0.4, 0.5) is 0 Å². The number of halogens is 2. The minimum Gasteiger partial charge on any atom is -0.507 e. The van der Waals surface area contributed by atoms with Crippen LogP contribution in [0.3, 0.4) is 0 Å². The molecule has 1 aliphatic rings. The van der Waals surface area contributed by atoms with Crippen LogP contribution < -0.4 is 10.6 Å². The second-order valence-corrected chi connectivity index (χ2v) is 5.48. The molecule has 1 aliphatic heterocycles. The standard InChI is InChI=1S/C13H17BrN2O2.ClH/c14-10-1-2-12(17)11(7-10)13(18)16-6-4-9-3-5-15-8-9;/h1-2,7,9,15,17H,3-6,8H2,(H,16,18);1H. The van der Waals surface area contributed by atoms with Crippen LogP contribution in [0.25, 0.3) is 0 Å². The quantitative estimate of drug-likeness (QED) is 0.782. The molecule has 1 aromatic rings. The predicted molar refractivity (Wildman–Crippen MR) is 81.0 cm³/mol. The zero-order chi connectivity index (χ0) is 13.0. The normalized spacial score (nSPS) is 17.8. The highest BCUT2D eigenvalue weighted by Gasteiger charge is 2.15. The van der Waals surface area contributed by atoms with E-state index in [-0.39, 0.29) is 24.1 Å². The molecule has 1 aromatic carbocycles. The molecule has 2 rings (SSSR count). The molecule has 19 heavy (non-hydrogen) atoms. The van der Waals surface area contributed by atoms with Crippen LogP contribution in [0.1, 0.15) is 23.2 Å². The summed E-state index contributed by atoms with van der Waals surface area (Å²) < 4.78 is 0.783. The Balaban J connectivity index is 0.00000180. The van der Waals surface area contributed by atoms with Crippen LogP contribution in [0.2, 0.25) is 0 Å². The lowest BCUT2D eigenvalue weighted by Crippen LogP contribution is -2.26. The second-order valence-electron chi connectivity index (χ2n) is 4.56. The van der Waals surface area contributed by atoms with Crippen LogP contribution in [-0.4, -0.2) is 30.6 Å². The van der Waals surface area contributed by atoms with Gasteiger partial charge in [-0.1, -0.05) is 15.9 Å². The topological polar surface area (TPSA) is 61.4 Å². The SMILES string of the molecule is Cl.O=C(NCCC1CCNC1)c1cc(Br)ccc1O. The van der Waals surface area contributed by atoms with E-state index in [0.29, 0.717) is 18.0 Å². The summed E-state index contributed by atoms with van der Waals surface area (Å²) in [5, 5.41) is 15.8. The average Bonchev–Trinajstić information content (AvgIpc) is 2.85. The van der Waals surface area contributed by atoms with E-state index >= 15 is 0 Å². The van der Waals surface area contributed by atoms with E-state index in [1.807, 2.05) is 0 Å². The molecule has 0 bridgehead atoms. The van der Waals surface area contributed by atoms with Crippen molar-refractivity contribution >= 4 is 34.2 Å². The highest BCUT2D eigenvalue weighted by molar-refractivity contribution is 9.10. The first kappa shape index (κ1) is 16.3. The molecule has 0 spiro atoms. The Hall–Kier alpha value is -0.780. The molecule has 1 atom stereocenters. The van der Waals surface area contributed by atoms with E-state index in [1.54, 1.807) is 12.1 Å². The van der Waals surface area contributed by atoms with Crippen molar-refractivity contribution in [1.82, 2.24) is 10.6 Å². The summed E-state index contributed by atoms with van der Waals surface area (Å²) in [7, 11) is 0. The van der Waals surface area contributed by atoms with Gasteiger partial charge in [-0.3, -0.25) is 4.79 Å². The maximum Gasteiger partial charge on any atom is 0.255 e. The molecule has 106 valence electrons. The molecule has 1 saturated heterocycles. The summed E-state index contributed by atoms with van der Waals surface area (Å²) in [5.41, 5.74) is 0.314. The number of phenolic OH excluding ortho intramolecular Hbond substituents is 1. The molecule has 1 fully saturated rings. The second kappa shape index (κ2) is 7.72. The summed E-state index contributed by atoms with van der Waals surface area (Å²) in [5.74, 6) is 0.444. The van der Waals surface area contributed by atoms with Gasteiger partial charge in [0.25, 0.3) is 5.91 Å². The maximum absolute atomic E-state index is 11.9. The van der Waals surface area contributed by atoms with Gasteiger partial charge >= 0.3 is 0 Å². The summed E-state index contributed by atoms with van der Waals surface area (Å²) in [6.07, 6.45) is 2.16. The Labute approximate surface area is 127 Å². The lowest BCUT2D eigenvalue weighted by Gasteiger charge is -2.10. The van der Waals surface area contributed by atoms with Crippen molar-refractivity contribution in [3.8, 4) is 5.75 Å². The number of hydrogen-bond donors (Lipinski definition) is 3. The van der Waals surface area contributed by atoms with E-state index in [1.165, 1.54) is 12.5 Å². The van der Waals surface area contributed by atoms with Crippen molar-refractivity contribution in [2.45, 2.75) is 12.8 Å². The lowest BCUT2D eigenvalue weighted by atomic mass is 10.1. The monoisotopic (exact) mass is 348 g/mol. The molecule has 0 radical (unpaired) electrons. The Kier molecular flexibility index (Phi) is 6.62. The van der Waals surface area contributed by atoms with Gasteiger partial charge in [-0.15, -0.1) is 12.4 Å². The number of nitrogens with one attached hydrogen (secondary N) is 2. The Bertz CT molecular complexity index is 437. The van der Waals surface area contributed by atoms with Crippen molar-refractivity contribution in [3.63, 3.8) is 0 Å². The van der Waals surface area contributed by atoms with Gasteiger partial charge in [-0.2, -0.15) is 0 Å². The molecule has 0 aromatic heterocycles. The average molecular weight is 350 g/mol. The van der Waals surface area contributed by atoms with Crippen molar-refractivity contribution in [1.29, 1.82) is 0 Å². The molecular formula is C13H18BrClN2O2. The minimum atomic E-state index is -0.222. The van der Waals surface area contributed by atoms with Crippen molar-refractivity contribution in [2.24, 2.45) is 5.92 Å². The van der Waals surface area contributed by atoms with Gasteiger partial charge in [0.05, 0.1) is 5.56 Å². The zero-order valence-electron chi connectivity index (χ0n) is 10.5. The zero-order valence-corrected chi connectivity index (χ0v) is 12.9. The summed E-state index contributed by atoms with van der Waals surface area (Å²) >= 11 is 3.29. The first-order valence-electron chi connectivity index (χ1n) is 6.14. The molecule has 3 N–H and O–H groups in total. The maximum atomic E-state index is 11.9. The number of aromatic hydroxyl groups is 1. The lowest BCUT2D eigenvalue weighted by molar-refractivity contribution is 0.0949. The van der Waals surface area contributed by atoms with Gasteiger partial charge in [0.15, 0.2) is 0 Å². The van der Waals surface area contributed by atoms with Crippen molar-refractivity contribution in [3.05, 3.63) is 28.2 Å². The van der Waals surface area contributed by atoms with Crippen LogP contribution >= 0.6 is 28.3 Å². The van der Waals surface area contributed by atoms with Crippen LogP contribution in [0.5, 0.6) is 5.75 Å². The predicted octanol–water partition coefficient (Wildman–Crippen LogP) is 2.31. The summed E-state index contributed by atoms with van der Waals surface area (Å²) in [6, 6.07) is 4.85. The Morgan fingerprint density at radius 2 is 2.32 bits per heavy atom. The largest absolute Gasteiger partial charge is 0.507 e. The van der Waals surface area contributed by atoms with Gasteiger partial charge in [-0.25, -0.2) is 0 Å². The number of amides is 1. The summed E-state index contributed by atoms with van der Waals surface area (Å²) in [4.78, 5) is 11.9. The minimum absolute atomic E-state index is 0. The third kappa shape index (κ3) is 4.67. The fourth-order valence-electron chi connectivity index (χ4n) is 2.14. The molecule has 4 nitrogen and oxygen atoms in total. The van der Waals surface area contributed by atoms with Crippen LogP contribution in [-0.2, 0) is 0 Å². The van der Waals surface area contributed by atoms with Gasteiger partial charge < -0.3 is 15.7 Å². The number of carbonyl (C=O) groups is 1. The highest BCUT2D eigenvalue weighted by Crippen LogP contribution is 2.21. The van der Waals surface area contributed by atoms with E-state index in [9.17, 15) is 9.90 Å². The fourth-order valence-corrected chi connectivity index (χ4v) is 2.50. The van der Waals surface area contributed by atoms with E-state index in [4.69, 9.17) is 0 Å². The molecule has 1 amide bonds. The van der Waals surface area contributed by atoms with Crippen LogP contribution in [0.15, 0.2) is 22.7 Å². The highest BCUT2D eigenvalue weighted by atomic mass is 79.9. The van der Waals surface area contributed by atoms with Crippen molar-refractivity contribution < 1.29 is 9.90 Å². The first-order chi connectivity index (χ1) is 8.66. The third-order valence-electron chi connectivity index (χ3n) is 3.20. The molecule has 0 aliphatic carbocycles. The number of phenols is 1.